The van der Waals surface area contributed by atoms with Crippen molar-refractivity contribution in [1.82, 2.24) is 9.89 Å². The summed E-state index contributed by atoms with van der Waals surface area (Å²) in [5.74, 6) is -1.65. The molecule has 0 unspecified atom stereocenters. The summed E-state index contributed by atoms with van der Waals surface area (Å²) in [4.78, 5) is 2.03. The number of aromatic nitrogens is 2. The van der Waals surface area contributed by atoms with E-state index < -0.39 is 38.5 Å². The van der Waals surface area contributed by atoms with Crippen molar-refractivity contribution < 1.29 is 26.0 Å². The minimum Gasteiger partial charge on any atom is -0.207 e. The van der Waals surface area contributed by atoms with Crippen LogP contribution in [-0.2, 0) is 10.0 Å². The van der Waals surface area contributed by atoms with Crippen molar-refractivity contribution in [3.63, 3.8) is 0 Å². The second kappa shape index (κ2) is 6.48. The first-order chi connectivity index (χ1) is 13.3. The van der Waals surface area contributed by atoms with Crippen LogP contribution in [0.5, 0.6) is 0 Å². The molecule has 1 heterocycles. The Morgan fingerprint density at radius 1 is 0.964 bits per heavy atom. The lowest BCUT2D eigenvalue weighted by molar-refractivity contribution is 0.151. The second-order valence-corrected chi connectivity index (χ2v) is 7.64. The van der Waals surface area contributed by atoms with E-state index in [0.29, 0.717) is 33.8 Å². The number of alkyl halides is 2. The third kappa shape index (κ3) is 3.05. The molecule has 0 radical (unpaired) electrons. The zero-order valence-electron chi connectivity index (χ0n) is 13.9. The Balaban J connectivity index is 1.85. The average molecular weight is 409 g/mol. The molecule has 10 heteroatoms. The predicted molar refractivity (Wildman–Crippen MR) is 95.1 cm³/mol. The average Bonchev–Trinajstić information content (AvgIpc) is 3.04. The van der Waals surface area contributed by atoms with Crippen LogP contribution >= 0.6 is 0 Å². The molecule has 144 valence electrons. The number of nitrogens with one attached hydrogen (secondary N) is 1. The summed E-state index contributed by atoms with van der Waals surface area (Å²) >= 11 is 0. The number of sulfonamides is 1. The van der Waals surface area contributed by atoms with Crippen LogP contribution < -0.4 is 4.83 Å². The lowest BCUT2D eigenvalue weighted by atomic mass is 10.1. The predicted octanol–water partition coefficient (Wildman–Crippen LogP) is 4.34. The highest BCUT2D eigenvalue weighted by molar-refractivity contribution is 7.92. The van der Waals surface area contributed by atoms with Crippen molar-refractivity contribution in [2.45, 2.75) is 11.3 Å². The minimum atomic E-state index is -4.57. The van der Waals surface area contributed by atoms with Gasteiger partial charge in [-0.05, 0) is 35.7 Å². The largest absolute Gasteiger partial charge is 0.279 e. The topological polar surface area (TPSA) is 64.0 Å². The van der Waals surface area contributed by atoms with Crippen LogP contribution in [-0.4, -0.2) is 18.3 Å². The number of hydrogen-bond acceptors (Lipinski definition) is 3. The first-order valence-corrected chi connectivity index (χ1v) is 9.41. The Labute approximate surface area is 156 Å². The smallest absolute Gasteiger partial charge is 0.207 e. The van der Waals surface area contributed by atoms with Crippen molar-refractivity contribution in [1.29, 1.82) is 0 Å². The lowest BCUT2D eigenvalue weighted by Gasteiger charge is -2.12. The molecule has 0 saturated heterocycles. The van der Waals surface area contributed by atoms with E-state index in [1.54, 1.807) is 12.1 Å². The monoisotopic (exact) mass is 409 g/mol. The maximum absolute atomic E-state index is 14.0. The van der Waals surface area contributed by atoms with Gasteiger partial charge in [-0.25, -0.2) is 17.6 Å². The van der Waals surface area contributed by atoms with Crippen LogP contribution in [0.15, 0.2) is 59.6 Å². The number of halogens is 4. The van der Waals surface area contributed by atoms with Gasteiger partial charge in [0.2, 0.25) is 0 Å². The van der Waals surface area contributed by atoms with Gasteiger partial charge in [-0.15, -0.1) is 0 Å². The van der Waals surface area contributed by atoms with E-state index in [2.05, 4.69) is 9.93 Å². The van der Waals surface area contributed by atoms with Gasteiger partial charge in [-0.3, -0.25) is 0 Å². The molecule has 0 aliphatic heterocycles. The zero-order valence-corrected chi connectivity index (χ0v) is 14.7. The van der Waals surface area contributed by atoms with E-state index in [-0.39, 0.29) is 0 Å². The highest BCUT2D eigenvalue weighted by atomic mass is 32.2. The van der Waals surface area contributed by atoms with Crippen molar-refractivity contribution in [2.24, 2.45) is 0 Å². The summed E-state index contributed by atoms with van der Waals surface area (Å²) in [6.07, 6.45) is -1.59. The number of fused-ring (bicyclic) bond motifs is 3. The van der Waals surface area contributed by atoms with Gasteiger partial charge in [0.25, 0.3) is 16.4 Å². The second-order valence-electron chi connectivity index (χ2n) is 6.01. The molecule has 0 spiro atoms. The maximum Gasteiger partial charge on any atom is 0.279 e. The van der Waals surface area contributed by atoms with E-state index in [1.165, 1.54) is 24.4 Å². The molecule has 0 fully saturated rings. The van der Waals surface area contributed by atoms with Gasteiger partial charge < -0.3 is 0 Å². The normalized spacial score (nSPS) is 12.2. The molecule has 0 aliphatic carbocycles. The van der Waals surface area contributed by atoms with Crippen LogP contribution in [0.25, 0.3) is 21.7 Å². The SMILES string of the molecule is O=S(=O)(Nn1ncc2ccc3cc(F)ccc3c21)c1cc(C(F)F)ccc1F. The molecular formula is C18H11F4N3O2S. The summed E-state index contributed by atoms with van der Waals surface area (Å²) in [7, 11) is -4.57. The molecule has 4 aromatic rings. The number of nitrogens with zero attached hydrogens (tertiary/aromatic N) is 2. The third-order valence-electron chi connectivity index (χ3n) is 4.21. The van der Waals surface area contributed by atoms with Crippen LogP contribution in [0, 0.1) is 11.6 Å². The Morgan fingerprint density at radius 2 is 1.71 bits per heavy atom. The van der Waals surface area contributed by atoms with Gasteiger partial charge in [0.1, 0.15) is 22.0 Å². The maximum atomic E-state index is 14.0. The van der Waals surface area contributed by atoms with Gasteiger partial charge in [0.05, 0.1) is 6.20 Å². The van der Waals surface area contributed by atoms with E-state index in [0.717, 1.165) is 10.9 Å². The Bertz CT molecular complexity index is 1320. The standard InChI is InChI=1S/C18H11F4N3O2S/c19-13-4-5-14-10(7-13)1-2-12-9-23-25(17(12)14)24-28(26,27)16-8-11(18(21)22)3-6-15(16)20/h1-9,18,24H. The van der Waals surface area contributed by atoms with E-state index in [1.807, 2.05) is 0 Å². The summed E-state index contributed by atoms with van der Waals surface area (Å²) in [5.41, 5.74) is -0.320. The van der Waals surface area contributed by atoms with Gasteiger partial charge in [-0.1, -0.05) is 18.2 Å². The number of benzene rings is 3. The number of rotatable bonds is 4. The Kier molecular flexibility index (Phi) is 4.22. The summed E-state index contributed by atoms with van der Waals surface area (Å²) in [6, 6.07) is 9.24. The fourth-order valence-corrected chi connectivity index (χ4v) is 3.99. The summed E-state index contributed by atoms with van der Waals surface area (Å²) in [5, 5.41) is 5.47. The molecular weight excluding hydrogens is 398 g/mol. The van der Waals surface area contributed by atoms with E-state index in [9.17, 15) is 26.0 Å². The van der Waals surface area contributed by atoms with Crippen LogP contribution in [0.1, 0.15) is 12.0 Å². The lowest BCUT2D eigenvalue weighted by Crippen LogP contribution is -2.25. The van der Waals surface area contributed by atoms with Crippen molar-refractivity contribution in [2.75, 3.05) is 4.83 Å². The fraction of sp³-hybridized carbons (Fsp3) is 0.0556. The molecule has 0 atom stereocenters. The third-order valence-corrected chi connectivity index (χ3v) is 5.52. The summed E-state index contributed by atoms with van der Waals surface area (Å²) in [6.45, 7) is 0. The molecule has 3 aromatic carbocycles. The Hall–Kier alpha value is -3.14. The summed E-state index contributed by atoms with van der Waals surface area (Å²) < 4.78 is 78.5. The Morgan fingerprint density at radius 3 is 2.46 bits per heavy atom. The van der Waals surface area contributed by atoms with E-state index in [4.69, 9.17) is 0 Å². The number of hydrogen-bond donors (Lipinski definition) is 1. The van der Waals surface area contributed by atoms with Gasteiger partial charge in [0, 0.05) is 16.3 Å². The van der Waals surface area contributed by atoms with Crippen LogP contribution in [0.3, 0.4) is 0 Å². The van der Waals surface area contributed by atoms with Crippen molar-refractivity contribution in [3.05, 3.63) is 71.9 Å². The van der Waals surface area contributed by atoms with Gasteiger partial charge >= 0.3 is 0 Å². The molecule has 4 rings (SSSR count). The van der Waals surface area contributed by atoms with Crippen LogP contribution in [0.2, 0.25) is 0 Å². The van der Waals surface area contributed by atoms with E-state index >= 15 is 0 Å². The highest BCUT2D eigenvalue weighted by Crippen LogP contribution is 2.27. The molecule has 5 nitrogen and oxygen atoms in total. The van der Waals surface area contributed by atoms with Gasteiger partial charge in [0.15, 0.2) is 0 Å². The van der Waals surface area contributed by atoms with Gasteiger partial charge in [-0.2, -0.15) is 23.1 Å². The van der Waals surface area contributed by atoms with Crippen molar-refractivity contribution in [3.8, 4) is 0 Å². The van der Waals surface area contributed by atoms with Crippen molar-refractivity contribution >= 4 is 31.7 Å². The highest BCUT2D eigenvalue weighted by Gasteiger charge is 2.23. The first-order valence-electron chi connectivity index (χ1n) is 7.93. The molecule has 0 saturated carbocycles. The molecule has 28 heavy (non-hydrogen) atoms. The molecule has 0 bridgehead atoms. The fourth-order valence-electron chi connectivity index (χ4n) is 2.91. The molecule has 0 amide bonds. The minimum absolute atomic E-state index is 0.312. The zero-order chi connectivity index (χ0) is 20.1. The van der Waals surface area contributed by atoms with Crippen LogP contribution in [0.4, 0.5) is 17.6 Å². The molecule has 0 aliphatic rings. The molecule has 1 N–H and O–H groups in total. The molecule has 1 aromatic heterocycles. The first kappa shape index (κ1) is 18.2. The quantitative estimate of drug-likeness (QED) is 0.510.